The molecule has 2 rings (SSSR count). The van der Waals surface area contributed by atoms with Gasteiger partial charge in [-0.05, 0) is 24.4 Å². The summed E-state index contributed by atoms with van der Waals surface area (Å²) in [7, 11) is 0. The molecule has 0 aliphatic rings. The number of halogens is 2. The summed E-state index contributed by atoms with van der Waals surface area (Å²) in [5.41, 5.74) is 0.648. The van der Waals surface area contributed by atoms with E-state index in [1.54, 1.807) is 22.8 Å². The summed E-state index contributed by atoms with van der Waals surface area (Å²) in [4.78, 5) is 0. The van der Waals surface area contributed by atoms with E-state index in [4.69, 9.17) is 35.4 Å². The average molecular weight is 246 g/mol. The number of nitrogens with zero attached hydrogens (tertiary/aromatic N) is 2. The van der Waals surface area contributed by atoms with Gasteiger partial charge in [-0.25, -0.2) is 0 Å². The molecule has 0 saturated heterocycles. The molecule has 1 aromatic heterocycles. The minimum Gasteiger partial charge on any atom is -0.272 e. The van der Waals surface area contributed by atoms with Crippen LogP contribution in [0, 0.1) is 4.77 Å². The zero-order valence-electron chi connectivity index (χ0n) is 6.87. The number of rotatable bonds is 1. The van der Waals surface area contributed by atoms with Crippen molar-refractivity contribution in [2.75, 3.05) is 0 Å². The largest absolute Gasteiger partial charge is 0.272 e. The second-order valence-electron chi connectivity index (χ2n) is 2.60. The smallest absolute Gasteiger partial charge is 0.199 e. The molecule has 0 amide bonds. The maximum absolute atomic E-state index is 6.00. The third-order valence-corrected chi connectivity index (χ3v) is 2.63. The quantitative estimate of drug-likeness (QED) is 0.783. The molecule has 0 bridgehead atoms. The summed E-state index contributed by atoms with van der Waals surface area (Å²) in [6.45, 7) is 0. The summed E-state index contributed by atoms with van der Waals surface area (Å²) < 4.78 is 2.08. The van der Waals surface area contributed by atoms with E-state index in [1.165, 1.54) is 6.33 Å². The van der Waals surface area contributed by atoms with Crippen LogP contribution in [0.1, 0.15) is 0 Å². The van der Waals surface area contributed by atoms with Crippen LogP contribution in [0.4, 0.5) is 0 Å². The van der Waals surface area contributed by atoms with Gasteiger partial charge in [-0.3, -0.25) is 9.67 Å². The highest BCUT2D eigenvalue weighted by Gasteiger charge is 2.08. The van der Waals surface area contributed by atoms with Crippen molar-refractivity contribution >= 4 is 35.4 Å². The maximum Gasteiger partial charge on any atom is 0.199 e. The van der Waals surface area contributed by atoms with E-state index in [0.29, 0.717) is 20.5 Å². The van der Waals surface area contributed by atoms with Gasteiger partial charge in [0.15, 0.2) is 4.77 Å². The van der Waals surface area contributed by atoms with Crippen molar-refractivity contribution < 1.29 is 0 Å². The zero-order valence-corrected chi connectivity index (χ0v) is 9.20. The standard InChI is InChI=1S/C8H5Cl2N3S/c9-5-2-1-3-6(10)7(5)13-4-11-12-8(13)14/h1-4H,(H,12,14). The molecule has 0 fully saturated rings. The first-order valence-corrected chi connectivity index (χ1v) is 4.93. The first-order valence-electron chi connectivity index (χ1n) is 3.76. The van der Waals surface area contributed by atoms with Gasteiger partial charge < -0.3 is 0 Å². The second-order valence-corrected chi connectivity index (χ2v) is 3.80. The maximum atomic E-state index is 6.00. The number of hydrogen-bond acceptors (Lipinski definition) is 2. The number of H-pyrrole nitrogens is 1. The fourth-order valence-electron chi connectivity index (χ4n) is 1.13. The molecule has 1 N–H and O–H groups in total. The summed E-state index contributed by atoms with van der Waals surface area (Å²) >= 11 is 17.0. The van der Waals surface area contributed by atoms with Crippen LogP contribution in [-0.2, 0) is 0 Å². The Morgan fingerprint density at radius 1 is 1.29 bits per heavy atom. The van der Waals surface area contributed by atoms with Crippen LogP contribution in [-0.4, -0.2) is 14.8 Å². The molecule has 14 heavy (non-hydrogen) atoms. The Morgan fingerprint density at radius 2 is 1.93 bits per heavy atom. The van der Waals surface area contributed by atoms with Gasteiger partial charge in [0.05, 0.1) is 15.7 Å². The van der Waals surface area contributed by atoms with Gasteiger partial charge in [0.2, 0.25) is 0 Å². The lowest BCUT2D eigenvalue weighted by Gasteiger charge is -2.05. The highest BCUT2D eigenvalue weighted by Crippen LogP contribution is 2.27. The number of benzene rings is 1. The Kier molecular flexibility index (Phi) is 2.58. The van der Waals surface area contributed by atoms with Crippen LogP contribution in [0.2, 0.25) is 10.0 Å². The van der Waals surface area contributed by atoms with E-state index < -0.39 is 0 Å². The van der Waals surface area contributed by atoms with Crippen LogP contribution in [0.25, 0.3) is 5.69 Å². The van der Waals surface area contributed by atoms with Gasteiger partial charge in [-0.2, -0.15) is 5.10 Å². The van der Waals surface area contributed by atoms with Crippen LogP contribution in [0.5, 0.6) is 0 Å². The molecule has 0 aliphatic heterocycles. The molecule has 0 saturated carbocycles. The molecule has 72 valence electrons. The molecule has 0 atom stereocenters. The van der Waals surface area contributed by atoms with Crippen molar-refractivity contribution in [1.82, 2.24) is 14.8 Å². The van der Waals surface area contributed by atoms with Crippen molar-refractivity contribution in [2.45, 2.75) is 0 Å². The first-order chi connectivity index (χ1) is 6.70. The van der Waals surface area contributed by atoms with Crippen molar-refractivity contribution in [2.24, 2.45) is 0 Å². The van der Waals surface area contributed by atoms with Crippen molar-refractivity contribution in [3.05, 3.63) is 39.3 Å². The van der Waals surface area contributed by atoms with E-state index >= 15 is 0 Å². The van der Waals surface area contributed by atoms with Crippen molar-refractivity contribution in [3.63, 3.8) is 0 Å². The first kappa shape index (κ1) is 9.71. The van der Waals surface area contributed by atoms with Gasteiger partial charge in [0, 0.05) is 0 Å². The van der Waals surface area contributed by atoms with Gasteiger partial charge in [-0.15, -0.1) is 0 Å². The summed E-state index contributed by atoms with van der Waals surface area (Å²) in [5.74, 6) is 0. The molecular formula is C8H5Cl2N3S. The Hall–Kier alpha value is -0.840. The molecule has 0 unspecified atom stereocenters. The van der Waals surface area contributed by atoms with E-state index in [2.05, 4.69) is 10.2 Å². The molecule has 0 spiro atoms. The molecule has 3 nitrogen and oxygen atoms in total. The third kappa shape index (κ3) is 1.56. The van der Waals surface area contributed by atoms with Gasteiger partial charge in [0.1, 0.15) is 6.33 Å². The SMILES string of the molecule is S=c1[nH]ncn1-c1c(Cl)cccc1Cl. The fraction of sp³-hybridized carbons (Fsp3) is 0. The number of hydrogen-bond donors (Lipinski definition) is 1. The normalized spacial score (nSPS) is 10.4. The van der Waals surface area contributed by atoms with Gasteiger partial charge in [0.25, 0.3) is 0 Å². The van der Waals surface area contributed by atoms with E-state index in [9.17, 15) is 0 Å². The zero-order chi connectivity index (χ0) is 10.1. The summed E-state index contributed by atoms with van der Waals surface area (Å²) in [6.07, 6.45) is 1.54. The average Bonchev–Trinajstić information content (AvgIpc) is 2.52. The summed E-state index contributed by atoms with van der Waals surface area (Å²) in [5, 5.41) is 7.50. The Balaban J connectivity index is 2.74. The van der Waals surface area contributed by atoms with Crippen molar-refractivity contribution in [1.29, 1.82) is 0 Å². The fourth-order valence-corrected chi connectivity index (χ4v) is 1.90. The van der Waals surface area contributed by atoms with E-state index in [-0.39, 0.29) is 0 Å². The predicted octanol–water partition coefficient (Wildman–Crippen LogP) is 3.24. The lowest BCUT2D eigenvalue weighted by Crippen LogP contribution is -1.94. The monoisotopic (exact) mass is 245 g/mol. The Bertz CT molecular complexity index is 497. The Labute approximate surface area is 95.3 Å². The van der Waals surface area contributed by atoms with Crippen LogP contribution in [0.15, 0.2) is 24.5 Å². The molecule has 2 aromatic rings. The number of aromatic amines is 1. The highest BCUT2D eigenvalue weighted by molar-refractivity contribution is 7.71. The van der Waals surface area contributed by atoms with Crippen LogP contribution in [0.3, 0.4) is 0 Å². The van der Waals surface area contributed by atoms with Gasteiger partial charge >= 0.3 is 0 Å². The number of para-hydroxylation sites is 1. The van der Waals surface area contributed by atoms with E-state index in [1.807, 2.05) is 0 Å². The molecule has 0 aliphatic carbocycles. The topological polar surface area (TPSA) is 33.6 Å². The molecule has 6 heteroatoms. The lowest BCUT2D eigenvalue weighted by atomic mass is 10.3. The van der Waals surface area contributed by atoms with Crippen LogP contribution >= 0.6 is 35.4 Å². The molecular weight excluding hydrogens is 241 g/mol. The van der Waals surface area contributed by atoms with Crippen molar-refractivity contribution in [3.8, 4) is 5.69 Å². The second kappa shape index (κ2) is 3.73. The third-order valence-electron chi connectivity index (χ3n) is 1.73. The molecule has 1 aromatic carbocycles. The predicted molar refractivity (Wildman–Crippen MR) is 58.8 cm³/mol. The number of nitrogens with one attached hydrogen (secondary N) is 1. The highest BCUT2D eigenvalue weighted by atomic mass is 35.5. The molecule has 0 radical (unpaired) electrons. The molecule has 1 heterocycles. The lowest BCUT2D eigenvalue weighted by molar-refractivity contribution is 1.03. The minimum absolute atomic E-state index is 0.458. The van der Waals surface area contributed by atoms with Gasteiger partial charge in [-0.1, -0.05) is 29.3 Å². The Morgan fingerprint density at radius 3 is 2.43 bits per heavy atom. The van der Waals surface area contributed by atoms with E-state index in [0.717, 1.165) is 0 Å². The number of aromatic nitrogens is 3. The van der Waals surface area contributed by atoms with Crippen LogP contribution < -0.4 is 0 Å². The minimum atomic E-state index is 0.458. The summed E-state index contributed by atoms with van der Waals surface area (Å²) in [6, 6.07) is 5.27.